The van der Waals surface area contributed by atoms with Crippen LogP contribution < -0.4 is 5.32 Å². The van der Waals surface area contributed by atoms with E-state index in [0.717, 1.165) is 23.0 Å². The highest BCUT2D eigenvalue weighted by Gasteiger charge is 2.11. The number of H-pyrrole nitrogens is 1. The van der Waals surface area contributed by atoms with Crippen molar-refractivity contribution in [1.82, 2.24) is 10.3 Å². The Balaban J connectivity index is 2.12. The van der Waals surface area contributed by atoms with Crippen LogP contribution in [0.25, 0.3) is 10.9 Å². The molecule has 2 aromatic rings. The monoisotopic (exact) mass is 274 g/mol. The van der Waals surface area contributed by atoms with E-state index in [1.807, 2.05) is 32.9 Å². The van der Waals surface area contributed by atoms with E-state index in [-0.39, 0.29) is 5.91 Å². The molecule has 108 valence electrons. The van der Waals surface area contributed by atoms with Crippen molar-refractivity contribution < 1.29 is 9.90 Å². The molecule has 4 nitrogen and oxygen atoms in total. The minimum atomic E-state index is -0.469. The summed E-state index contributed by atoms with van der Waals surface area (Å²) >= 11 is 0. The van der Waals surface area contributed by atoms with Crippen LogP contribution in [0.15, 0.2) is 18.2 Å². The molecule has 0 aliphatic heterocycles. The highest BCUT2D eigenvalue weighted by molar-refractivity contribution is 5.99. The molecule has 0 fully saturated rings. The zero-order valence-electron chi connectivity index (χ0n) is 12.3. The van der Waals surface area contributed by atoms with Gasteiger partial charge in [-0.05, 0) is 44.0 Å². The van der Waals surface area contributed by atoms with Gasteiger partial charge in [0.2, 0.25) is 0 Å². The van der Waals surface area contributed by atoms with Crippen LogP contribution in [-0.4, -0.2) is 28.6 Å². The average molecular weight is 274 g/mol. The molecule has 1 atom stereocenters. The van der Waals surface area contributed by atoms with Crippen molar-refractivity contribution >= 4 is 16.8 Å². The number of aryl methyl sites for hydroxylation is 2. The molecule has 0 bridgehead atoms. The Bertz CT molecular complexity index is 616. The molecule has 0 saturated carbocycles. The molecule has 0 radical (unpaired) electrons. The van der Waals surface area contributed by atoms with E-state index in [0.29, 0.717) is 18.5 Å². The summed E-state index contributed by atoms with van der Waals surface area (Å²) in [5.41, 5.74) is 3.96. The summed E-state index contributed by atoms with van der Waals surface area (Å²) in [5.74, 6) is -0.139. The molecule has 1 heterocycles. The second kappa shape index (κ2) is 6.09. The van der Waals surface area contributed by atoms with Gasteiger partial charge < -0.3 is 15.4 Å². The smallest absolute Gasteiger partial charge is 0.251 e. The third-order valence-corrected chi connectivity index (χ3v) is 3.69. The van der Waals surface area contributed by atoms with Gasteiger partial charge in [-0.25, -0.2) is 0 Å². The first-order valence-corrected chi connectivity index (χ1v) is 7.08. The highest BCUT2D eigenvalue weighted by Crippen LogP contribution is 2.22. The quantitative estimate of drug-likeness (QED) is 0.785. The van der Waals surface area contributed by atoms with Crippen LogP contribution in [0, 0.1) is 13.8 Å². The van der Waals surface area contributed by atoms with E-state index in [1.165, 1.54) is 5.56 Å². The molecule has 4 heteroatoms. The first-order valence-electron chi connectivity index (χ1n) is 7.08. The molecule has 0 aliphatic carbocycles. The number of hydrogen-bond donors (Lipinski definition) is 3. The Morgan fingerprint density at radius 1 is 1.40 bits per heavy atom. The second-order valence-corrected chi connectivity index (χ2v) is 5.29. The van der Waals surface area contributed by atoms with Gasteiger partial charge in [0.05, 0.1) is 6.10 Å². The summed E-state index contributed by atoms with van der Waals surface area (Å²) in [6, 6.07) is 5.63. The van der Waals surface area contributed by atoms with Crippen molar-refractivity contribution in [2.75, 3.05) is 6.54 Å². The second-order valence-electron chi connectivity index (χ2n) is 5.29. The normalized spacial score (nSPS) is 12.6. The Morgan fingerprint density at radius 3 is 2.85 bits per heavy atom. The van der Waals surface area contributed by atoms with Crippen LogP contribution in [0.5, 0.6) is 0 Å². The lowest BCUT2D eigenvalue weighted by atomic mass is 10.1. The van der Waals surface area contributed by atoms with Gasteiger partial charge in [-0.3, -0.25) is 4.79 Å². The van der Waals surface area contributed by atoms with E-state index in [1.54, 1.807) is 6.07 Å². The predicted octanol–water partition coefficient (Wildman–Crippen LogP) is 2.68. The number of benzene rings is 1. The van der Waals surface area contributed by atoms with Gasteiger partial charge in [-0.15, -0.1) is 0 Å². The van der Waals surface area contributed by atoms with Gasteiger partial charge >= 0.3 is 0 Å². The van der Waals surface area contributed by atoms with Crippen molar-refractivity contribution in [3.8, 4) is 0 Å². The lowest BCUT2D eigenvalue weighted by molar-refractivity contribution is 0.0910. The van der Waals surface area contributed by atoms with Gasteiger partial charge in [0.25, 0.3) is 5.91 Å². The fourth-order valence-electron chi connectivity index (χ4n) is 2.35. The number of carbonyl (C=O) groups excluding carboxylic acids is 1. The molecule has 0 saturated heterocycles. The molecule has 0 spiro atoms. The number of aromatic amines is 1. The number of carbonyl (C=O) groups is 1. The Morgan fingerprint density at radius 2 is 2.15 bits per heavy atom. The standard InChI is InChI=1S/C16H22N2O2/c1-4-5-13(19)9-17-16(20)12-6-7-15-14(8-12)10(2)11(3)18-15/h6-8,13,18-19H,4-5,9H2,1-3H3,(H,17,20). The molecule has 0 aliphatic rings. The van der Waals surface area contributed by atoms with Gasteiger partial charge in [0.1, 0.15) is 0 Å². The van der Waals surface area contributed by atoms with E-state index >= 15 is 0 Å². The molecule has 1 unspecified atom stereocenters. The number of fused-ring (bicyclic) bond motifs is 1. The third kappa shape index (κ3) is 3.02. The molecule has 1 aromatic heterocycles. The number of aliphatic hydroxyl groups is 1. The SMILES string of the molecule is CCCC(O)CNC(=O)c1ccc2[nH]c(C)c(C)c2c1. The fraction of sp³-hybridized carbons (Fsp3) is 0.438. The maximum Gasteiger partial charge on any atom is 0.251 e. The maximum atomic E-state index is 12.1. The fourth-order valence-corrected chi connectivity index (χ4v) is 2.35. The van der Waals surface area contributed by atoms with Crippen LogP contribution in [0.4, 0.5) is 0 Å². The minimum absolute atomic E-state index is 0.139. The zero-order chi connectivity index (χ0) is 14.7. The topological polar surface area (TPSA) is 65.1 Å². The lowest BCUT2D eigenvalue weighted by Gasteiger charge is -2.10. The minimum Gasteiger partial charge on any atom is -0.391 e. The molecule has 1 aromatic carbocycles. The number of amides is 1. The van der Waals surface area contributed by atoms with Crippen molar-refractivity contribution in [2.24, 2.45) is 0 Å². The zero-order valence-corrected chi connectivity index (χ0v) is 12.3. The summed E-state index contributed by atoms with van der Waals surface area (Å²) in [6.07, 6.45) is 1.14. The van der Waals surface area contributed by atoms with Gasteiger partial charge in [0.15, 0.2) is 0 Å². The van der Waals surface area contributed by atoms with Crippen LogP contribution in [0.2, 0.25) is 0 Å². The number of nitrogens with one attached hydrogen (secondary N) is 2. The van der Waals surface area contributed by atoms with E-state index in [4.69, 9.17) is 0 Å². The highest BCUT2D eigenvalue weighted by atomic mass is 16.3. The third-order valence-electron chi connectivity index (χ3n) is 3.69. The van der Waals surface area contributed by atoms with Gasteiger partial charge in [0, 0.05) is 28.7 Å². The summed E-state index contributed by atoms with van der Waals surface area (Å²) in [7, 11) is 0. The first kappa shape index (κ1) is 14.6. The molecule has 1 amide bonds. The summed E-state index contributed by atoms with van der Waals surface area (Å²) < 4.78 is 0. The van der Waals surface area contributed by atoms with Crippen molar-refractivity contribution in [2.45, 2.75) is 39.7 Å². The molecular weight excluding hydrogens is 252 g/mol. The Labute approximate surface area is 119 Å². The Hall–Kier alpha value is -1.81. The van der Waals surface area contributed by atoms with Crippen molar-refractivity contribution in [1.29, 1.82) is 0 Å². The Kier molecular flexibility index (Phi) is 4.45. The molecular formula is C16H22N2O2. The van der Waals surface area contributed by atoms with E-state index < -0.39 is 6.10 Å². The van der Waals surface area contributed by atoms with Crippen LogP contribution in [-0.2, 0) is 0 Å². The van der Waals surface area contributed by atoms with Crippen molar-refractivity contribution in [3.63, 3.8) is 0 Å². The van der Waals surface area contributed by atoms with E-state index in [2.05, 4.69) is 10.3 Å². The van der Waals surface area contributed by atoms with Crippen molar-refractivity contribution in [3.05, 3.63) is 35.0 Å². The molecule has 20 heavy (non-hydrogen) atoms. The summed E-state index contributed by atoms with van der Waals surface area (Å²) in [4.78, 5) is 15.4. The number of aliphatic hydroxyl groups excluding tert-OH is 1. The average Bonchev–Trinajstić information content (AvgIpc) is 2.71. The van der Waals surface area contributed by atoms with Crippen LogP contribution >= 0.6 is 0 Å². The summed E-state index contributed by atoms with van der Waals surface area (Å²) in [6.45, 7) is 6.38. The molecule has 3 N–H and O–H groups in total. The number of rotatable bonds is 5. The first-order chi connectivity index (χ1) is 9.52. The number of hydrogen-bond acceptors (Lipinski definition) is 2. The predicted molar refractivity (Wildman–Crippen MR) is 81.0 cm³/mol. The summed E-state index contributed by atoms with van der Waals surface area (Å²) in [5, 5.41) is 13.5. The van der Waals surface area contributed by atoms with Gasteiger partial charge in [-0.2, -0.15) is 0 Å². The number of aromatic nitrogens is 1. The molecule has 2 rings (SSSR count). The van der Waals surface area contributed by atoms with Crippen LogP contribution in [0.3, 0.4) is 0 Å². The van der Waals surface area contributed by atoms with E-state index in [9.17, 15) is 9.90 Å². The van der Waals surface area contributed by atoms with Crippen LogP contribution in [0.1, 0.15) is 41.4 Å². The largest absolute Gasteiger partial charge is 0.391 e. The maximum absolute atomic E-state index is 12.1. The lowest BCUT2D eigenvalue weighted by Crippen LogP contribution is -2.31. The van der Waals surface area contributed by atoms with Gasteiger partial charge in [-0.1, -0.05) is 13.3 Å².